The van der Waals surface area contributed by atoms with Crippen LogP contribution < -0.4 is 14.8 Å². The van der Waals surface area contributed by atoms with E-state index >= 15 is 0 Å². The van der Waals surface area contributed by atoms with Gasteiger partial charge in [0.1, 0.15) is 11.1 Å². The molecule has 1 aliphatic rings. The molecule has 1 fully saturated rings. The highest BCUT2D eigenvalue weighted by Crippen LogP contribution is 2.34. The summed E-state index contributed by atoms with van der Waals surface area (Å²) in [7, 11) is 3.16. The summed E-state index contributed by atoms with van der Waals surface area (Å²) in [5, 5.41) is 12.0. The van der Waals surface area contributed by atoms with Gasteiger partial charge in [-0.25, -0.2) is 0 Å². The third-order valence-electron chi connectivity index (χ3n) is 3.51. The zero-order valence-corrected chi connectivity index (χ0v) is 13.7. The van der Waals surface area contributed by atoms with Crippen molar-refractivity contribution in [1.29, 1.82) is 0 Å². The standard InChI is InChI=1S/C15H17N3O4S/c1-20-10-6-5-9(8-12(10)21-2)14-17-18-15(23-14)16-13(19)11-4-3-7-22-11/h5-6,8,11H,3-4,7H2,1-2H3,(H,16,18,19). The van der Waals surface area contributed by atoms with Gasteiger partial charge in [-0.3, -0.25) is 10.1 Å². The molecule has 23 heavy (non-hydrogen) atoms. The molecule has 1 amide bonds. The summed E-state index contributed by atoms with van der Waals surface area (Å²) in [6.45, 7) is 0.630. The third kappa shape index (κ3) is 3.43. The van der Waals surface area contributed by atoms with Crippen LogP contribution in [0.25, 0.3) is 10.6 Å². The van der Waals surface area contributed by atoms with Gasteiger partial charge >= 0.3 is 0 Å². The first-order chi connectivity index (χ1) is 11.2. The minimum atomic E-state index is -0.386. The van der Waals surface area contributed by atoms with Gasteiger partial charge in [-0.05, 0) is 31.0 Å². The Hall–Kier alpha value is -2.19. The van der Waals surface area contributed by atoms with Gasteiger partial charge in [0.2, 0.25) is 5.13 Å². The molecule has 0 radical (unpaired) electrons. The molecule has 1 atom stereocenters. The first-order valence-electron chi connectivity index (χ1n) is 7.19. The first kappa shape index (κ1) is 15.7. The molecule has 1 aliphatic heterocycles. The van der Waals surface area contributed by atoms with Gasteiger partial charge in [0.15, 0.2) is 11.5 Å². The molecule has 2 heterocycles. The van der Waals surface area contributed by atoms with E-state index < -0.39 is 0 Å². The van der Waals surface area contributed by atoms with E-state index in [9.17, 15) is 4.79 Å². The molecule has 0 spiro atoms. The Morgan fingerprint density at radius 1 is 1.30 bits per heavy atom. The van der Waals surface area contributed by atoms with Crippen molar-refractivity contribution in [3.05, 3.63) is 18.2 Å². The van der Waals surface area contributed by atoms with Gasteiger partial charge < -0.3 is 14.2 Å². The van der Waals surface area contributed by atoms with Crippen molar-refractivity contribution in [3.63, 3.8) is 0 Å². The van der Waals surface area contributed by atoms with E-state index in [1.807, 2.05) is 12.1 Å². The van der Waals surface area contributed by atoms with Crippen LogP contribution in [-0.2, 0) is 9.53 Å². The number of ether oxygens (including phenoxy) is 3. The number of carbonyl (C=O) groups is 1. The van der Waals surface area contributed by atoms with Crippen LogP contribution in [0.1, 0.15) is 12.8 Å². The number of nitrogens with one attached hydrogen (secondary N) is 1. The number of methoxy groups -OCH3 is 2. The lowest BCUT2D eigenvalue weighted by atomic mass is 10.2. The fraction of sp³-hybridized carbons (Fsp3) is 0.400. The molecular weight excluding hydrogens is 318 g/mol. The number of rotatable bonds is 5. The smallest absolute Gasteiger partial charge is 0.255 e. The Bertz CT molecular complexity index is 698. The topological polar surface area (TPSA) is 82.6 Å². The van der Waals surface area contributed by atoms with Gasteiger partial charge in [0, 0.05) is 12.2 Å². The van der Waals surface area contributed by atoms with E-state index in [1.165, 1.54) is 11.3 Å². The molecule has 0 saturated carbocycles. The van der Waals surface area contributed by atoms with Gasteiger partial charge in [0.05, 0.1) is 14.2 Å². The molecule has 1 saturated heterocycles. The number of hydrogen-bond acceptors (Lipinski definition) is 7. The fourth-order valence-electron chi connectivity index (χ4n) is 2.33. The van der Waals surface area contributed by atoms with Crippen molar-refractivity contribution in [2.75, 3.05) is 26.1 Å². The van der Waals surface area contributed by atoms with Crippen LogP contribution in [0.2, 0.25) is 0 Å². The van der Waals surface area contributed by atoms with Crippen LogP contribution in [0.3, 0.4) is 0 Å². The maximum absolute atomic E-state index is 12.0. The highest BCUT2D eigenvalue weighted by Gasteiger charge is 2.24. The van der Waals surface area contributed by atoms with Crippen LogP contribution in [0.4, 0.5) is 5.13 Å². The Kier molecular flexibility index (Phi) is 4.73. The van der Waals surface area contributed by atoms with Crippen LogP contribution in [-0.4, -0.2) is 43.0 Å². The van der Waals surface area contributed by atoms with E-state index in [-0.39, 0.29) is 12.0 Å². The predicted octanol–water partition coefficient (Wildman–Crippen LogP) is 2.34. The lowest BCUT2D eigenvalue weighted by Crippen LogP contribution is -2.26. The van der Waals surface area contributed by atoms with Gasteiger partial charge in [-0.1, -0.05) is 11.3 Å². The van der Waals surface area contributed by atoms with Crippen LogP contribution in [0.15, 0.2) is 18.2 Å². The number of hydrogen-bond donors (Lipinski definition) is 1. The largest absolute Gasteiger partial charge is 0.493 e. The molecular formula is C15H17N3O4S. The summed E-state index contributed by atoms with van der Waals surface area (Å²) in [5.41, 5.74) is 0.845. The Morgan fingerprint density at radius 2 is 2.13 bits per heavy atom. The molecule has 122 valence electrons. The van der Waals surface area contributed by atoms with Gasteiger partial charge in [-0.15, -0.1) is 10.2 Å². The number of nitrogens with zero attached hydrogens (tertiary/aromatic N) is 2. The van der Waals surface area contributed by atoms with Crippen molar-refractivity contribution in [3.8, 4) is 22.1 Å². The second-order valence-electron chi connectivity index (χ2n) is 4.97. The summed E-state index contributed by atoms with van der Waals surface area (Å²) in [4.78, 5) is 12.0. The van der Waals surface area contributed by atoms with E-state index in [1.54, 1.807) is 20.3 Å². The summed E-state index contributed by atoms with van der Waals surface area (Å²) < 4.78 is 15.8. The molecule has 1 N–H and O–H groups in total. The molecule has 3 rings (SSSR count). The van der Waals surface area contributed by atoms with Crippen LogP contribution >= 0.6 is 11.3 Å². The highest BCUT2D eigenvalue weighted by atomic mass is 32.1. The maximum Gasteiger partial charge on any atom is 0.255 e. The number of aromatic nitrogens is 2. The normalized spacial score (nSPS) is 17.0. The molecule has 0 bridgehead atoms. The van der Waals surface area contributed by atoms with Gasteiger partial charge in [-0.2, -0.15) is 0 Å². The molecule has 7 nitrogen and oxygen atoms in total. The zero-order valence-electron chi connectivity index (χ0n) is 12.9. The van der Waals surface area contributed by atoms with Crippen LogP contribution in [0.5, 0.6) is 11.5 Å². The van der Waals surface area contributed by atoms with Crippen molar-refractivity contribution in [2.24, 2.45) is 0 Å². The first-order valence-corrected chi connectivity index (χ1v) is 8.01. The van der Waals surface area contributed by atoms with E-state index in [4.69, 9.17) is 14.2 Å². The monoisotopic (exact) mass is 335 g/mol. The summed E-state index contributed by atoms with van der Waals surface area (Å²) in [6, 6.07) is 5.50. The Labute approximate surface area is 137 Å². The molecule has 8 heteroatoms. The second kappa shape index (κ2) is 6.93. The van der Waals surface area contributed by atoms with Crippen molar-refractivity contribution >= 4 is 22.4 Å². The minimum absolute atomic E-state index is 0.169. The predicted molar refractivity (Wildman–Crippen MR) is 86.1 cm³/mol. The Balaban J connectivity index is 1.75. The number of amides is 1. The van der Waals surface area contributed by atoms with Gasteiger partial charge in [0.25, 0.3) is 5.91 Å². The average Bonchev–Trinajstić information content (AvgIpc) is 3.25. The summed E-state index contributed by atoms with van der Waals surface area (Å²) in [5.74, 6) is 1.09. The maximum atomic E-state index is 12.0. The number of carbonyl (C=O) groups excluding carboxylic acids is 1. The molecule has 1 aromatic carbocycles. The van der Waals surface area contributed by atoms with E-state index in [2.05, 4.69) is 15.5 Å². The second-order valence-corrected chi connectivity index (χ2v) is 5.95. The van der Waals surface area contributed by atoms with Crippen molar-refractivity contribution in [2.45, 2.75) is 18.9 Å². The van der Waals surface area contributed by atoms with E-state index in [0.717, 1.165) is 18.4 Å². The fourth-order valence-corrected chi connectivity index (χ4v) is 3.07. The minimum Gasteiger partial charge on any atom is -0.493 e. The Morgan fingerprint density at radius 3 is 2.83 bits per heavy atom. The molecule has 2 aromatic rings. The van der Waals surface area contributed by atoms with Crippen molar-refractivity contribution < 1.29 is 19.0 Å². The van der Waals surface area contributed by atoms with E-state index in [0.29, 0.717) is 28.2 Å². The summed E-state index contributed by atoms with van der Waals surface area (Å²) >= 11 is 1.30. The molecule has 1 unspecified atom stereocenters. The lowest BCUT2D eigenvalue weighted by Gasteiger charge is -2.08. The average molecular weight is 335 g/mol. The highest BCUT2D eigenvalue weighted by molar-refractivity contribution is 7.18. The SMILES string of the molecule is COc1ccc(-c2nnc(NC(=O)C3CCCO3)s2)cc1OC. The molecule has 0 aliphatic carbocycles. The quantitative estimate of drug-likeness (QED) is 0.903. The zero-order chi connectivity index (χ0) is 16.2. The molecule has 1 aromatic heterocycles. The number of benzene rings is 1. The number of anilines is 1. The van der Waals surface area contributed by atoms with Crippen molar-refractivity contribution in [1.82, 2.24) is 10.2 Å². The summed E-state index contributed by atoms with van der Waals surface area (Å²) in [6.07, 6.45) is 1.27. The van der Waals surface area contributed by atoms with Crippen LogP contribution in [0, 0.1) is 0 Å². The third-order valence-corrected chi connectivity index (χ3v) is 4.40. The lowest BCUT2D eigenvalue weighted by molar-refractivity contribution is -0.124.